The molecule has 0 bridgehead atoms. The first-order valence-electron chi connectivity index (χ1n) is 11.8. The molecule has 6 nitrogen and oxygen atoms in total. The Bertz CT molecular complexity index is 1340. The predicted octanol–water partition coefficient (Wildman–Crippen LogP) is 5.17. The molecule has 4 aromatic carbocycles. The lowest BCUT2D eigenvalue weighted by molar-refractivity contribution is 0.0869. The maximum atomic E-state index is 12.1. The molecule has 1 aliphatic heterocycles. The van der Waals surface area contributed by atoms with Crippen LogP contribution in [0.1, 0.15) is 11.1 Å². The molecule has 0 fully saturated rings. The van der Waals surface area contributed by atoms with Gasteiger partial charge in [0, 0.05) is 23.7 Å². The normalized spacial score (nSPS) is 16.8. The number of nitrogens with zero attached hydrogens (tertiary/aromatic N) is 1. The van der Waals surface area contributed by atoms with Crippen LogP contribution >= 0.6 is 0 Å². The summed E-state index contributed by atoms with van der Waals surface area (Å²) in [5.74, 6) is 2.32. The number of methoxy groups -OCH3 is 2. The van der Waals surface area contributed by atoms with Crippen LogP contribution in [0.25, 0.3) is 11.1 Å². The molecule has 182 valence electrons. The predicted molar refractivity (Wildman–Crippen MR) is 142 cm³/mol. The number of anilines is 1. The van der Waals surface area contributed by atoms with Gasteiger partial charge in [0.15, 0.2) is 0 Å². The van der Waals surface area contributed by atoms with Gasteiger partial charge in [-0.15, -0.1) is 0 Å². The van der Waals surface area contributed by atoms with E-state index in [-0.39, 0.29) is 0 Å². The third-order valence-corrected chi connectivity index (χ3v) is 6.31. The molecule has 1 atom stereocenters. The van der Waals surface area contributed by atoms with Gasteiger partial charge in [-0.05, 0) is 41.5 Å². The molecule has 6 heteroatoms. The standard InChI is InChI=1S/C30H29N3O3/c1-35-25-16-12-22(13-17-25)21-31-29-20-30(34,24-8-4-3-5-9-24)33(32-29)28-11-7-6-10-27(28)23-14-18-26(36-2)19-15-23/h3-20,31-32,34H,21H2,1-2H3. The van der Waals surface area contributed by atoms with Crippen molar-refractivity contribution in [2.75, 3.05) is 19.2 Å². The van der Waals surface area contributed by atoms with Crippen molar-refractivity contribution in [2.45, 2.75) is 12.3 Å². The molecular formula is C30H29N3O3. The highest BCUT2D eigenvalue weighted by Gasteiger charge is 2.41. The highest BCUT2D eigenvalue weighted by molar-refractivity contribution is 5.80. The number of hydrogen-bond acceptors (Lipinski definition) is 6. The molecular weight excluding hydrogens is 450 g/mol. The van der Waals surface area contributed by atoms with Crippen molar-refractivity contribution in [3.05, 3.63) is 126 Å². The van der Waals surface area contributed by atoms with Gasteiger partial charge >= 0.3 is 0 Å². The van der Waals surface area contributed by atoms with E-state index in [4.69, 9.17) is 9.47 Å². The summed E-state index contributed by atoms with van der Waals surface area (Å²) in [6.45, 7) is 0.585. The fourth-order valence-electron chi connectivity index (χ4n) is 4.36. The van der Waals surface area contributed by atoms with Crippen molar-refractivity contribution in [3.8, 4) is 22.6 Å². The fourth-order valence-corrected chi connectivity index (χ4v) is 4.36. The summed E-state index contributed by atoms with van der Waals surface area (Å²) in [5.41, 5.74) is 6.68. The Morgan fingerprint density at radius 1 is 0.778 bits per heavy atom. The van der Waals surface area contributed by atoms with Gasteiger partial charge in [0.25, 0.3) is 0 Å². The molecule has 36 heavy (non-hydrogen) atoms. The fraction of sp³-hybridized carbons (Fsp3) is 0.133. The summed E-state index contributed by atoms with van der Waals surface area (Å²) < 4.78 is 10.6. The first kappa shape index (κ1) is 23.3. The van der Waals surface area contributed by atoms with Crippen molar-refractivity contribution in [3.63, 3.8) is 0 Å². The monoisotopic (exact) mass is 479 g/mol. The number of nitrogens with one attached hydrogen (secondary N) is 2. The average Bonchev–Trinajstić information content (AvgIpc) is 3.30. The first-order chi connectivity index (χ1) is 17.6. The third-order valence-electron chi connectivity index (χ3n) is 6.31. The van der Waals surface area contributed by atoms with Gasteiger partial charge in [0.1, 0.15) is 17.3 Å². The van der Waals surface area contributed by atoms with Gasteiger partial charge in [0.05, 0.1) is 19.9 Å². The minimum atomic E-state index is -1.41. The number of hydrogen-bond donors (Lipinski definition) is 3. The van der Waals surface area contributed by atoms with E-state index < -0.39 is 5.72 Å². The van der Waals surface area contributed by atoms with Gasteiger partial charge in [-0.2, -0.15) is 0 Å². The van der Waals surface area contributed by atoms with Crippen LogP contribution in [0, 0.1) is 0 Å². The van der Waals surface area contributed by atoms with E-state index in [0.29, 0.717) is 12.4 Å². The summed E-state index contributed by atoms with van der Waals surface area (Å²) in [6, 6.07) is 33.5. The van der Waals surface area contributed by atoms with Crippen LogP contribution in [0.3, 0.4) is 0 Å². The Hall–Kier alpha value is -4.42. The molecule has 3 N–H and O–H groups in total. The molecule has 1 aliphatic rings. The highest BCUT2D eigenvalue weighted by Crippen LogP contribution is 2.40. The van der Waals surface area contributed by atoms with E-state index in [9.17, 15) is 5.11 Å². The number of hydrazine groups is 1. The van der Waals surface area contributed by atoms with E-state index in [0.717, 1.165) is 39.4 Å². The minimum absolute atomic E-state index is 0.585. The van der Waals surface area contributed by atoms with Crippen LogP contribution in [-0.2, 0) is 12.3 Å². The molecule has 0 aromatic heterocycles. The lowest BCUT2D eigenvalue weighted by atomic mass is 9.99. The van der Waals surface area contributed by atoms with E-state index in [2.05, 4.69) is 10.7 Å². The van der Waals surface area contributed by atoms with Crippen LogP contribution in [0.2, 0.25) is 0 Å². The first-order valence-corrected chi connectivity index (χ1v) is 11.8. The zero-order valence-corrected chi connectivity index (χ0v) is 20.3. The van der Waals surface area contributed by atoms with Crippen LogP contribution in [-0.4, -0.2) is 19.3 Å². The van der Waals surface area contributed by atoms with Crippen LogP contribution in [0.5, 0.6) is 11.5 Å². The highest BCUT2D eigenvalue weighted by atomic mass is 16.5. The molecule has 0 amide bonds. The van der Waals surface area contributed by atoms with Gasteiger partial charge < -0.3 is 19.9 Å². The summed E-state index contributed by atoms with van der Waals surface area (Å²) >= 11 is 0. The third kappa shape index (κ3) is 4.59. The number of para-hydroxylation sites is 1. The molecule has 4 aromatic rings. The molecule has 1 unspecified atom stereocenters. The molecule has 0 saturated heterocycles. The van der Waals surface area contributed by atoms with Crippen molar-refractivity contribution >= 4 is 5.69 Å². The van der Waals surface area contributed by atoms with E-state index in [1.54, 1.807) is 19.2 Å². The zero-order chi connectivity index (χ0) is 25.0. The SMILES string of the molecule is COc1ccc(CNC2=CC(O)(c3ccccc3)N(c3ccccc3-c3ccc(OC)cc3)N2)cc1. The molecule has 0 aliphatic carbocycles. The second kappa shape index (κ2) is 10.1. The minimum Gasteiger partial charge on any atom is -0.497 e. The molecule has 0 radical (unpaired) electrons. The van der Waals surface area contributed by atoms with Crippen LogP contribution < -0.4 is 25.2 Å². The Morgan fingerprint density at radius 2 is 1.39 bits per heavy atom. The van der Waals surface area contributed by atoms with Crippen LogP contribution in [0.15, 0.2) is 115 Å². The lowest BCUT2D eigenvalue weighted by Gasteiger charge is -2.35. The Labute approximate surface area is 211 Å². The van der Waals surface area contributed by atoms with Crippen molar-refractivity contribution in [1.82, 2.24) is 10.7 Å². The number of rotatable bonds is 8. The smallest absolute Gasteiger partial charge is 0.205 e. The number of ether oxygens (including phenoxy) is 2. The molecule has 1 heterocycles. The zero-order valence-electron chi connectivity index (χ0n) is 20.3. The van der Waals surface area contributed by atoms with Gasteiger partial charge in [-0.1, -0.05) is 72.8 Å². The van der Waals surface area contributed by atoms with E-state index in [1.807, 2.05) is 109 Å². The summed E-state index contributed by atoms with van der Waals surface area (Å²) in [5, 5.41) is 17.3. The maximum Gasteiger partial charge on any atom is 0.205 e. The van der Waals surface area contributed by atoms with Crippen molar-refractivity contribution < 1.29 is 14.6 Å². The van der Waals surface area contributed by atoms with Gasteiger partial charge in [0.2, 0.25) is 5.72 Å². The van der Waals surface area contributed by atoms with Gasteiger partial charge in [-0.25, -0.2) is 5.01 Å². The van der Waals surface area contributed by atoms with Crippen LogP contribution in [0.4, 0.5) is 5.69 Å². The van der Waals surface area contributed by atoms with E-state index >= 15 is 0 Å². The maximum absolute atomic E-state index is 12.1. The summed E-state index contributed by atoms with van der Waals surface area (Å²) in [7, 11) is 3.31. The second-order valence-corrected chi connectivity index (χ2v) is 8.54. The molecule has 0 saturated carbocycles. The number of benzene rings is 4. The van der Waals surface area contributed by atoms with Gasteiger partial charge in [-0.3, -0.25) is 5.43 Å². The van der Waals surface area contributed by atoms with Crippen molar-refractivity contribution in [1.29, 1.82) is 0 Å². The Morgan fingerprint density at radius 3 is 2.06 bits per heavy atom. The quantitative estimate of drug-likeness (QED) is 0.324. The lowest BCUT2D eigenvalue weighted by Crippen LogP contribution is -2.48. The summed E-state index contributed by atoms with van der Waals surface area (Å²) in [6.07, 6.45) is 1.82. The summed E-state index contributed by atoms with van der Waals surface area (Å²) in [4.78, 5) is 0. The van der Waals surface area contributed by atoms with E-state index in [1.165, 1.54) is 0 Å². The van der Waals surface area contributed by atoms with Crippen molar-refractivity contribution in [2.24, 2.45) is 0 Å². The molecule has 0 spiro atoms. The average molecular weight is 480 g/mol. The number of aliphatic hydroxyl groups is 1. The molecule has 5 rings (SSSR count). The second-order valence-electron chi connectivity index (χ2n) is 8.54. The largest absolute Gasteiger partial charge is 0.497 e. The Balaban J connectivity index is 1.49. The Kier molecular flexibility index (Phi) is 6.52. The topological polar surface area (TPSA) is 66.0 Å².